The van der Waals surface area contributed by atoms with Crippen molar-refractivity contribution in [1.29, 1.82) is 0 Å². The fraction of sp³-hybridized carbons (Fsp3) is 0.542. The number of carbonyl (C=O) groups excluding carboxylic acids is 1. The number of anilines is 1. The topological polar surface area (TPSA) is 85.2 Å². The molecule has 0 spiro atoms. The van der Waals surface area contributed by atoms with Gasteiger partial charge in [0.25, 0.3) is 5.56 Å². The zero-order valence-electron chi connectivity index (χ0n) is 19.0. The van der Waals surface area contributed by atoms with Crippen molar-refractivity contribution in [1.82, 2.24) is 15.1 Å². The summed E-state index contributed by atoms with van der Waals surface area (Å²) in [6.07, 6.45) is 3.90. The number of halogens is 1. The molecular weight excluding hydrogens is 428 g/mol. The van der Waals surface area contributed by atoms with Crippen molar-refractivity contribution in [2.75, 3.05) is 12.4 Å². The van der Waals surface area contributed by atoms with Gasteiger partial charge < -0.3 is 15.4 Å². The molecule has 1 aromatic heterocycles. The van der Waals surface area contributed by atoms with E-state index in [2.05, 4.69) is 36.5 Å². The molecule has 7 nitrogen and oxygen atoms in total. The van der Waals surface area contributed by atoms with E-state index in [0.29, 0.717) is 35.4 Å². The highest BCUT2D eigenvalue weighted by molar-refractivity contribution is 6.32. The minimum atomic E-state index is -0.470. The minimum absolute atomic E-state index is 0.0753. The van der Waals surface area contributed by atoms with E-state index < -0.39 is 5.56 Å². The van der Waals surface area contributed by atoms with E-state index in [1.807, 2.05) is 24.3 Å². The molecule has 3 aliphatic rings. The van der Waals surface area contributed by atoms with E-state index in [4.69, 9.17) is 16.3 Å². The monoisotopic (exact) mass is 458 g/mol. The van der Waals surface area contributed by atoms with E-state index in [1.54, 1.807) is 13.3 Å². The number of aromatic nitrogens is 2. The molecule has 2 N–H and O–H groups in total. The predicted octanol–water partition coefficient (Wildman–Crippen LogP) is 3.70. The van der Waals surface area contributed by atoms with Crippen LogP contribution < -0.4 is 20.9 Å². The molecule has 0 saturated heterocycles. The summed E-state index contributed by atoms with van der Waals surface area (Å²) in [4.78, 5) is 25.1. The fourth-order valence-electron chi connectivity index (χ4n) is 5.39. The van der Waals surface area contributed by atoms with Gasteiger partial charge >= 0.3 is 0 Å². The second-order valence-corrected chi connectivity index (χ2v) is 10.0. The van der Waals surface area contributed by atoms with Crippen LogP contribution in [0.15, 0.2) is 35.3 Å². The maximum Gasteiger partial charge on any atom is 0.288 e. The van der Waals surface area contributed by atoms with Gasteiger partial charge in [-0.2, -0.15) is 5.10 Å². The van der Waals surface area contributed by atoms with Crippen LogP contribution in [0, 0.1) is 23.2 Å². The molecule has 5 rings (SSSR count). The summed E-state index contributed by atoms with van der Waals surface area (Å²) in [7, 11) is 1.59. The first-order chi connectivity index (χ1) is 15.2. The van der Waals surface area contributed by atoms with Crippen LogP contribution in [0.2, 0.25) is 5.02 Å². The number of benzene rings is 1. The van der Waals surface area contributed by atoms with Gasteiger partial charge in [-0.3, -0.25) is 9.59 Å². The van der Waals surface area contributed by atoms with Crippen LogP contribution in [0.1, 0.15) is 39.2 Å². The zero-order valence-corrected chi connectivity index (χ0v) is 19.8. The summed E-state index contributed by atoms with van der Waals surface area (Å²) in [5, 5.41) is 10.5. The van der Waals surface area contributed by atoms with E-state index in [0.717, 1.165) is 22.4 Å². The minimum Gasteiger partial charge on any atom is -0.497 e. The predicted molar refractivity (Wildman–Crippen MR) is 125 cm³/mol. The van der Waals surface area contributed by atoms with Gasteiger partial charge in [-0.15, -0.1) is 0 Å². The molecule has 0 radical (unpaired) electrons. The number of nitrogens with one attached hydrogen (secondary N) is 2. The van der Waals surface area contributed by atoms with Crippen LogP contribution in [0.5, 0.6) is 5.75 Å². The summed E-state index contributed by atoms with van der Waals surface area (Å²) < 4.78 is 6.28. The fourth-order valence-corrected chi connectivity index (χ4v) is 5.59. The summed E-state index contributed by atoms with van der Waals surface area (Å²) >= 11 is 6.38. The first kappa shape index (κ1) is 22.6. The van der Waals surface area contributed by atoms with Gasteiger partial charge in [0.2, 0.25) is 5.91 Å². The average molecular weight is 459 g/mol. The van der Waals surface area contributed by atoms with Crippen LogP contribution in [0.3, 0.4) is 0 Å². The molecule has 3 aliphatic carbocycles. The third kappa shape index (κ3) is 4.22. The number of hydrogen-bond donors (Lipinski definition) is 2. The smallest absolute Gasteiger partial charge is 0.288 e. The molecule has 0 unspecified atom stereocenters. The molecule has 1 aromatic carbocycles. The number of methoxy groups -OCH3 is 1. The van der Waals surface area contributed by atoms with Crippen LogP contribution in [-0.4, -0.2) is 28.8 Å². The van der Waals surface area contributed by atoms with Crippen molar-refractivity contribution in [3.63, 3.8) is 0 Å². The summed E-state index contributed by atoms with van der Waals surface area (Å²) in [5.41, 5.74) is 1.36. The Balaban J connectivity index is 1.37. The van der Waals surface area contributed by atoms with Crippen molar-refractivity contribution >= 4 is 23.2 Å². The number of fused-ring (bicyclic) bond motifs is 2. The zero-order chi connectivity index (χ0) is 23.0. The highest BCUT2D eigenvalue weighted by Gasteiger charge is 2.56. The molecule has 4 atom stereocenters. The lowest BCUT2D eigenvalue weighted by Crippen LogP contribution is -2.58. The Morgan fingerprint density at radius 3 is 2.81 bits per heavy atom. The Hall–Kier alpha value is -2.54. The largest absolute Gasteiger partial charge is 0.497 e. The number of amides is 1. The van der Waals surface area contributed by atoms with E-state index in [-0.39, 0.29) is 23.5 Å². The third-order valence-corrected chi connectivity index (χ3v) is 7.96. The number of rotatable bonds is 7. The highest BCUT2D eigenvalue weighted by Crippen LogP contribution is 2.61. The van der Waals surface area contributed by atoms with Gasteiger partial charge in [0.15, 0.2) is 0 Å². The van der Waals surface area contributed by atoms with Crippen molar-refractivity contribution < 1.29 is 9.53 Å². The lowest BCUT2D eigenvalue weighted by molar-refractivity contribution is -0.122. The third-order valence-electron chi connectivity index (χ3n) is 7.60. The van der Waals surface area contributed by atoms with Gasteiger partial charge in [0.05, 0.1) is 19.0 Å². The lowest BCUT2D eigenvalue weighted by Gasteiger charge is -2.62. The number of carbonyl (C=O) groups is 1. The molecule has 1 amide bonds. The maximum absolute atomic E-state index is 12.7. The Bertz CT molecular complexity index is 1070. The molecular formula is C24H31ClN4O3. The van der Waals surface area contributed by atoms with Crippen molar-refractivity contribution in [3.05, 3.63) is 51.4 Å². The quantitative estimate of drug-likeness (QED) is 0.660. The standard InChI is InChI=1S/C24H31ClN4O3/c1-14-18-9-16(24(18,2)3)10-19(14)28-20-12-27-29(23(31)22(20)25)13-21(30)26-11-15-6-5-7-17(8-15)32-4/h5-8,12,14,16,18-19,28H,9-11,13H2,1-4H3,(H,26,30)/t14-,16+,18-,19-/m1/s1. The Morgan fingerprint density at radius 1 is 1.34 bits per heavy atom. The van der Waals surface area contributed by atoms with E-state index in [1.165, 1.54) is 6.42 Å². The number of ether oxygens (including phenoxy) is 1. The second-order valence-electron chi connectivity index (χ2n) is 9.67. The maximum atomic E-state index is 12.7. The second kappa shape index (κ2) is 8.77. The van der Waals surface area contributed by atoms with Gasteiger partial charge in [0.1, 0.15) is 17.3 Å². The molecule has 3 fully saturated rings. The van der Waals surface area contributed by atoms with Gasteiger partial charge in [-0.05, 0) is 53.7 Å². The molecule has 2 bridgehead atoms. The number of nitrogens with zero attached hydrogens (tertiary/aromatic N) is 2. The summed E-state index contributed by atoms with van der Waals surface area (Å²) in [6, 6.07) is 7.70. The van der Waals surface area contributed by atoms with Crippen molar-refractivity contribution in [3.8, 4) is 5.75 Å². The molecule has 1 heterocycles. The van der Waals surface area contributed by atoms with Crippen molar-refractivity contribution in [2.24, 2.45) is 23.2 Å². The average Bonchev–Trinajstić information content (AvgIpc) is 2.78. The van der Waals surface area contributed by atoms with E-state index >= 15 is 0 Å². The molecule has 2 aromatic rings. The molecule has 172 valence electrons. The Kier molecular flexibility index (Phi) is 6.21. The molecule has 3 saturated carbocycles. The van der Waals surface area contributed by atoms with Crippen LogP contribution in [-0.2, 0) is 17.9 Å². The SMILES string of the molecule is COc1cccc(CNC(=O)Cn2ncc(N[C@@H]3C[C@@H]4C[C@H]([C@H]3C)C4(C)C)c(Cl)c2=O)c1. The molecule has 0 aliphatic heterocycles. The lowest BCUT2D eigenvalue weighted by atomic mass is 9.45. The van der Waals surface area contributed by atoms with Gasteiger partial charge in [0, 0.05) is 12.6 Å². The highest BCUT2D eigenvalue weighted by atomic mass is 35.5. The van der Waals surface area contributed by atoms with Gasteiger partial charge in [-0.1, -0.05) is 44.5 Å². The first-order valence-electron chi connectivity index (χ1n) is 11.1. The van der Waals surface area contributed by atoms with Crippen LogP contribution in [0.4, 0.5) is 5.69 Å². The summed E-state index contributed by atoms with van der Waals surface area (Å²) in [5.74, 6) is 2.27. The normalized spacial score (nSPS) is 25.5. The van der Waals surface area contributed by atoms with E-state index in [9.17, 15) is 9.59 Å². The van der Waals surface area contributed by atoms with Crippen LogP contribution in [0.25, 0.3) is 0 Å². The number of hydrogen-bond acceptors (Lipinski definition) is 5. The molecule has 8 heteroatoms. The van der Waals surface area contributed by atoms with Crippen LogP contribution >= 0.6 is 11.6 Å². The molecule has 32 heavy (non-hydrogen) atoms. The first-order valence-corrected chi connectivity index (χ1v) is 11.5. The Morgan fingerprint density at radius 2 is 2.12 bits per heavy atom. The summed E-state index contributed by atoms with van der Waals surface area (Å²) in [6.45, 7) is 7.12. The van der Waals surface area contributed by atoms with Crippen molar-refractivity contribution in [2.45, 2.75) is 52.7 Å². The Labute approximate surface area is 193 Å². The van der Waals surface area contributed by atoms with Gasteiger partial charge in [-0.25, -0.2) is 4.68 Å².